The van der Waals surface area contributed by atoms with Gasteiger partial charge < -0.3 is 9.13 Å². The molecule has 1 aliphatic carbocycles. The minimum atomic E-state index is 0.476. The average Bonchev–Trinajstić information content (AvgIpc) is 3.62. The molecule has 44 heavy (non-hydrogen) atoms. The molecule has 0 saturated heterocycles. The van der Waals surface area contributed by atoms with Gasteiger partial charge in [0.05, 0.1) is 22.1 Å². The summed E-state index contributed by atoms with van der Waals surface area (Å²) in [6.45, 7) is 0. The van der Waals surface area contributed by atoms with Gasteiger partial charge in [0.2, 0.25) is 0 Å². The van der Waals surface area contributed by atoms with Crippen LogP contribution in [0.5, 0.6) is 0 Å². The van der Waals surface area contributed by atoms with E-state index in [9.17, 15) is 0 Å². The number of aromatic nitrogens is 2. The second kappa shape index (κ2) is 10.1. The number of rotatable bonds is 4. The van der Waals surface area contributed by atoms with Crippen LogP contribution in [0.4, 0.5) is 0 Å². The SMILES string of the molecule is C1=CC(c2cccc(-n3c4ccccc4c4ccc5c6ccccc6n(-c6cccc(-c7ccccc7)c6)c5c43)c2)CCC1. The lowest BCUT2D eigenvalue weighted by molar-refractivity contribution is 0.654. The minimum absolute atomic E-state index is 0.476. The molecule has 0 radical (unpaired) electrons. The Morgan fingerprint density at radius 1 is 0.477 bits per heavy atom. The van der Waals surface area contributed by atoms with Gasteiger partial charge in [-0.1, -0.05) is 115 Å². The van der Waals surface area contributed by atoms with E-state index in [1.807, 2.05) is 0 Å². The maximum absolute atomic E-state index is 2.51. The minimum Gasteiger partial charge on any atom is -0.307 e. The topological polar surface area (TPSA) is 9.86 Å². The highest BCUT2D eigenvalue weighted by Crippen LogP contribution is 2.42. The van der Waals surface area contributed by atoms with Crippen LogP contribution in [0.2, 0.25) is 0 Å². The molecule has 0 saturated carbocycles. The van der Waals surface area contributed by atoms with Gasteiger partial charge in [-0.15, -0.1) is 0 Å². The van der Waals surface area contributed by atoms with E-state index >= 15 is 0 Å². The molecule has 1 aliphatic rings. The van der Waals surface area contributed by atoms with Gasteiger partial charge in [-0.05, 0) is 72.4 Å². The lowest BCUT2D eigenvalue weighted by Gasteiger charge is -2.18. The standard InChI is InChI=1S/C42H32N2/c1-3-13-29(14-4-1)31-17-11-19-33(27-31)43-39-23-9-7-21-35(39)37-25-26-38-36-22-8-10-24-40(36)44(42(38)41(37)43)34-20-12-18-32(28-34)30-15-5-2-6-16-30/h1,3-5,7-15,17-28,30H,2,6,16H2. The van der Waals surface area contributed by atoms with Crippen molar-refractivity contribution in [1.82, 2.24) is 9.13 Å². The zero-order valence-corrected chi connectivity index (χ0v) is 24.5. The Labute approximate surface area is 257 Å². The monoisotopic (exact) mass is 564 g/mol. The summed E-state index contributed by atoms with van der Waals surface area (Å²) in [6.07, 6.45) is 8.42. The first-order valence-corrected chi connectivity index (χ1v) is 15.7. The molecule has 2 heteroatoms. The highest BCUT2D eigenvalue weighted by Gasteiger charge is 2.22. The molecule has 2 aromatic heterocycles. The molecule has 0 amide bonds. The van der Waals surface area contributed by atoms with E-state index in [4.69, 9.17) is 0 Å². The van der Waals surface area contributed by atoms with Crippen molar-refractivity contribution in [2.75, 3.05) is 0 Å². The van der Waals surface area contributed by atoms with Gasteiger partial charge in [0.25, 0.3) is 0 Å². The van der Waals surface area contributed by atoms with E-state index in [0.29, 0.717) is 5.92 Å². The number of fused-ring (bicyclic) bond motifs is 7. The number of hydrogen-bond acceptors (Lipinski definition) is 0. The molecule has 1 unspecified atom stereocenters. The lowest BCUT2D eigenvalue weighted by Crippen LogP contribution is -2.02. The number of hydrogen-bond donors (Lipinski definition) is 0. The van der Waals surface area contributed by atoms with Gasteiger partial charge in [-0.3, -0.25) is 0 Å². The Kier molecular flexibility index (Phi) is 5.80. The Morgan fingerprint density at radius 2 is 1.07 bits per heavy atom. The predicted octanol–water partition coefficient (Wildman–Crippen LogP) is 11.4. The molecule has 6 aromatic carbocycles. The Balaban J connectivity index is 1.40. The molecule has 0 bridgehead atoms. The summed E-state index contributed by atoms with van der Waals surface area (Å²) in [7, 11) is 0. The van der Waals surface area contributed by atoms with Crippen LogP contribution in [0.15, 0.2) is 152 Å². The van der Waals surface area contributed by atoms with Crippen molar-refractivity contribution >= 4 is 43.6 Å². The molecule has 0 fully saturated rings. The molecule has 2 nitrogen and oxygen atoms in total. The van der Waals surface area contributed by atoms with E-state index in [2.05, 4.69) is 161 Å². The zero-order valence-electron chi connectivity index (χ0n) is 24.5. The van der Waals surface area contributed by atoms with Gasteiger partial charge in [-0.25, -0.2) is 0 Å². The molecule has 2 heterocycles. The molecule has 1 atom stereocenters. The number of benzene rings is 6. The molecule has 210 valence electrons. The van der Waals surface area contributed by atoms with Crippen molar-refractivity contribution in [3.05, 3.63) is 157 Å². The van der Waals surface area contributed by atoms with Gasteiger partial charge in [0, 0.05) is 38.8 Å². The van der Waals surface area contributed by atoms with Crippen LogP contribution >= 0.6 is 0 Å². The lowest BCUT2D eigenvalue weighted by atomic mass is 9.89. The summed E-state index contributed by atoms with van der Waals surface area (Å²) in [4.78, 5) is 0. The molecule has 0 N–H and O–H groups in total. The van der Waals surface area contributed by atoms with Gasteiger partial charge >= 0.3 is 0 Å². The highest BCUT2D eigenvalue weighted by atomic mass is 15.0. The van der Waals surface area contributed by atoms with E-state index in [0.717, 1.165) is 0 Å². The van der Waals surface area contributed by atoms with Crippen molar-refractivity contribution in [1.29, 1.82) is 0 Å². The first kappa shape index (κ1) is 25.2. The van der Waals surface area contributed by atoms with Crippen LogP contribution in [0.25, 0.3) is 66.1 Å². The van der Waals surface area contributed by atoms with E-state index in [-0.39, 0.29) is 0 Å². The summed E-state index contributed by atoms with van der Waals surface area (Å²) >= 11 is 0. The summed E-state index contributed by atoms with van der Waals surface area (Å²) < 4.78 is 5.00. The van der Waals surface area contributed by atoms with Crippen molar-refractivity contribution in [3.8, 4) is 22.5 Å². The van der Waals surface area contributed by atoms with Gasteiger partial charge in [0.15, 0.2) is 0 Å². The number of nitrogens with zero attached hydrogens (tertiary/aromatic N) is 2. The highest BCUT2D eigenvalue weighted by molar-refractivity contribution is 6.23. The molecular formula is C42H32N2. The van der Waals surface area contributed by atoms with E-state index < -0.39 is 0 Å². The van der Waals surface area contributed by atoms with Crippen molar-refractivity contribution in [3.63, 3.8) is 0 Å². The van der Waals surface area contributed by atoms with Crippen LogP contribution in [0.3, 0.4) is 0 Å². The Morgan fingerprint density at radius 3 is 1.73 bits per heavy atom. The van der Waals surface area contributed by atoms with Crippen LogP contribution in [0.1, 0.15) is 30.7 Å². The first-order valence-electron chi connectivity index (χ1n) is 15.7. The van der Waals surface area contributed by atoms with Crippen molar-refractivity contribution in [2.45, 2.75) is 25.2 Å². The maximum atomic E-state index is 2.51. The van der Waals surface area contributed by atoms with Crippen molar-refractivity contribution < 1.29 is 0 Å². The zero-order chi connectivity index (χ0) is 29.0. The number of allylic oxidation sites excluding steroid dienone is 2. The third-order valence-corrected chi connectivity index (χ3v) is 9.49. The van der Waals surface area contributed by atoms with Crippen LogP contribution in [-0.2, 0) is 0 Å². The second-order valence-corrected chi connectivity index (χ2v) is 12.0. The summed E-state index contributed by atoms with van der Waals surface area (Å²) in [6, 6.07) is 51.3. The summed E-state index contributed by atoms with van der Waals surface area (Å²) in [5, 5.41) is 5.10. The van der Waals surface area contributed by atoms with Crippen LogP contribution < -0.4 is 0 Å². The van der Waals surface area contributed by atoms with Gasteiger partial charge in [-0.2, -0.15) is 0 Å². The fourth-order valence-electron chi connectivity index (χ4n) is 7.48. The van der Waals surface area contributed by atoms with E-state index in [1.165, 1.54) is 90.9 Å². The summed E-state index contributed by atoms with van der Waals surface area (Å²) in [5.41, 5.74) is 11.2. The van der Waals surface area contributed by atoms with Crippen LogP contribution in [0, 0.1) is 0 Å². The molecule has 8 aromatic rings. The van der Waals surface area contributed by atoms with Crippen LogP contribution in [-0.4, -0.2) is 9.13 Å². The Hall–Kier alpha value is -5.34. The summed E-state index contributed by atoms with van der Waals surface area (Å²) in [5.74, 6) is 0.476. The van der Waals surface area contributed by atoms with Crippen molar-refractivity contribution in [2.24, 2.45) is 0 Å². The fraction of sp³-hybridized carbons (Fsp3) is 0.0952. The molecular weight excluding hydrogens is 532 g/mol. The largest absolute Gasteiger partial charge is 0.307 e. The normalized spacial score (nSPS) is 15.1. The number of para-hydroxylation sites is 2. The molecule has 9 rings (SSSR count). The second-order valence-electron chi connectivity index (χ2n) is 12.0. The quantitative estimate of drug-likeness (QED) is 0.188. The average molecular weight is 565 g/mol. The Bertz CT molecular complexity index is 2370. The van der Waals surface area contributed by atoms with Gasteiger partial charge in [0.1, 0.15) is 0 Å². The molecule has 0 spiro atoms. The smallest absolute Gasteiger partial charge is 0.0788 e. The third-order valence-electron chi connectivity index (χ3n) is 9.49. The first-order chi connectivity index (χ1) is 21.8. The predicted molar refractivity (Wildman–Crippen MR) is 186 cm³/mol. The third kappa shape index (κ3) is 3.88. The fourth-order valence-corrected chi connectivity index (χ4v) is 7.48. The van der Waals surface area contributed by atoms with E-state index in [1.54, 1.807) is 0 Å². The molecule has 0 aliphatic heterocycles. The maximum Gasteiger partial charge on any atom is 0.0788 e.